The van der Waals surface area contributed by atoms with Crippen LogP contribution in [0.2, 0.25) is 0 Å². The number of nitrogens with zero attached hydrogens (tertiary/aromatic N) is 1. The Balaban J connectivity index is -0.000000245. The molecule has 0 aliphatic heterocycles. The van der Waals surface area contributed by atoms with Gasteiger partial charge in [0.25, 0.3) is 0 Å². The van der Waals surface area contributed by atoms with Crippen LogP contribution in [0.3, 0.4) is 0 Å². The fourth-order valence-electron chi connectivity index (χ4n) is 0. The summed E-state index contributed by atoms with van der Waals surface area (Å²) in [4.78, 5) is 9.65. The van der Waals surface area contributed by atoms with Crippen LogP contribution in [0.4, 0.5) is 0 Å². The molecule has 0 aliphatic rings. The summed E-state index contributed by atoms with van der Waals surface area (Å²) in [5.74, 6) is 0. The first-order valence-electron chi connectivity index (χ1n) is 1.01. The van der Waals surface area contributed by atoms with Gasteiger partial charge in [-0.3, -0.25) is 0 Å². The second-order valence-electron chi connectivity index (χ2n) is 0.868. The summed E-state index contributed by atoms with van der Waals surface area (Å²) >= 11 is 0. The third kappa shape index (κ3) is 19.4. The Bertz CT molecular complexity index is 123. The normalized spacial score (nSPS) is 16.9. The Morgan fingerprint density at radius 2 is 1.00 bits per heavy atom. The molecule has 0 bridgehead atoms. The van der Waals surface area contributed by atoms with Gasteiger partial charge in [-0.15, -0.1) is 0 Å². The molecule has 0 unspecified atom stereocenters. The Morgan fingerprint density at radius 1 is 0.900 bits per heavy atom. The molecular formula is Cl5Cs2NOOs. The van der Waals surface area contributed by atoms with Crippen molar-refractivity contribution in [3.8, 4) is 0 Å². The second kappa shape index (κ2) is 5.92. The topological polar surface area (TPSA) is 29.4 Å². The van der Waals surface area contributed by atoms with Crippen molar-refractivity contribution in [3.63, 3.8) is 0 Å². The molecule has 0 rings (SSSR count). The molecule has 0 saturated carbocycles. The van der Waals surface area contributed by atoms with Gasteiger partial charge in [0.1, 0.15) is 0 Å². The molecule has 56 valence electrons. The van der Waals surface area contributed by atoms with Gasteiger partial charge < -0.3 is 0 Å². The summed E-state index contributed by atoms with van der Waals surface area (Å²) in [6.45, 7) is 0. The van der Waals surface area contributed by atoms with Crippen LogP contribution in [0.25, 0.3) is 0 Å². The zero-order valence-electron chi connectivity index (χ0n) is 5.10. The van der Waals surface area contributed by atoms with Crippen molar-refractivity contribution in [2.24, 2.45) is 3.88 Å². The zero-order chi connectivity index (χ0) is 7.12. The van der Waals surface area contributed by atoms with Gasteiger partial charge in [-0.2, -0.15) is 0 Å². The number of hydrogen-bond acceptors (Lipinski definition) is 2. The minimum absolute atomic E-state index is 0. The maximum Gasteiger partial charge on any atom is 1.00 e. The van der Waals surface area contributed by atoms with Crippen LogP contribution in [0, 0.1) is 4.91 Å². The van der Waals surface area contributed by atoms with Gasteiger partial charge >= 0.3 is 203 Å². The number of nitroso groups, excluding NO2 is 1. The van der Waals surface area contributed by atoms with Crippen LogP contribution < -0.4 is 138 Å². The van der Waals surface area contributed by atoms with E-state index in [1.54, 1.807) is 0 Å². The predicted octanol–water partition coefficient (Wildman–Crippen LogP) is -2.33. The van der Waals surface area contributed by atoms with Crippen LogP contribution >= 0.6 is 48.2 Å². The predicted molar refractivity (Wildman–Crippen MR) is 35.1 cm³/mol. The molecule has 0 aliphatic carbocycles. The van der Waals surface area contributed by atoms with E-state index in [2.05, 4.69) is 3.88 Å². The summed E-state index contributed by atoms with van der Waals surface area (Å²) in [7, 11) is 19.2. The average Bonchev–Trinajstić information content (AvgIpc) is 1.30. The Labute approximate surface area is 195 Å². The maximum atomic E-state index is 9.65. The van der Waals surface area contributed by atoms with Crippen molar-refractivity contribution < 1.29 is 146 Å². The van der Waals surface area contributed by atoms with E-state index < -0.39 is 7.88 Å². The number of hydrogen-bond donors (Lipinski definition) is 0. The van der Waals surface area contributed by atoms with Crippen molar-refractivity contribution >= 4 is 48.2 Å². The Kier molecular flexibility index (Phi) is 12.5. The van der Waals surface area contributed by atoms with Crippen molar-refractivity contribution in [2.75, 3.05) is 0 Å². The van der Waals surface area contributed by atoms with E-state index in [0.29, 0.717) is 0 Å². The molecule has 0 fully saturated rings. The van der Waals surface area contributed by atoms with E-state index >= 15 is 0 Å². The molecule has 0 amide bonds. The molecule has 0 saturated heterocycles. The van der Waals surface area contributed by atoms with Crippen LogP contribution in [-0.4, -0.2) is 0 Å². The van der Waals surface area contributed by atoms with Gasteiger partial charge in [0.15, 0.2) is 0 Å². The van der Waals surface area contributed by atoms with E-state index in [1.807, 2.05) is 0 Å². The first kappa shape index (κ1) is 21.1. The Hall–Kier alpha value is 5.79. The van der Waals surface area contributed by atoms with Gasteiger partial charge in [-0.05, 0) is 0 Å². The standard InChI is InChI=1S/5ClH.2Cs.NO.Os/c;;;;;;;1-2;/h5*1H;;;;/q;;;;;2*+1;-1;+4/p-5. The molecule has 10 heteroatoms. The number of halogens is 5. The van der Waals surface area contributed by atoms with Gasteiger partial charge in [-0.1, -0.05) is 0 Å². The molecule has 0 aromatic rings. The summed E-state index contributed by atoms with van der Waals surface area (Å²) in [5.41, 5.74) is 0. The third-order valence-corrected chi connectivity index (χ3v) is 3.00. The smallest absolute Gasteiger partial charge is 1.00 e. The van der Waals surface area contributed by atoms with Crippen LogP contribution in [-0.2, 0) is 7.88 Å². The van der Waals surface area contributed by atoms with Crippen LogP contribution in [0.5, 0.6) is 0 Å². The van der Waals surface area contributed by atoms with E-state index in [4.69, 9.17) is 48.2 Å². The van der Waals surface area contributed by atoms with Gasteiger partial charge in [0, 0.05) is 0 Å². The van der Waals surface area contributed by atoms with Crippen LogP contribution in [0.15, 0.2) is 3.88 Å². The molecule has 0 aromatic heterocycles. The minimum atomic E-state index is -5.84. The molecule has 0 radical (unpaired) electrons. The van der Waals surface area contributed by atoms with E-state index in [1.165, 1.54) is 0 Å². The fourth-order valence-corrected chi connectivity index (χ4v) is 0. The average molecular weight is 663 g/mol. The summed E-state index contributed by atoms with van der Waals surface area (Å²) in [6, 6.07) is 0. The van der Waals surface area contributed by atoms with Crippen LogP contribution in [0.1, 0.15) is 0 Å². The van der Waals surface area contributed by atoms with Gasteiger partial charge in [0.2, 0.25) is 0 Å². The van der Waals surface area contributed by atoms with Crippen molar-refractivity contribution in [1.82, 2.24) is 0 Å². The number of rotatable bonds is 1. The van der Waals surface area contributed by atoms with Crippen molar-refractivity contribution in [2.45, 2.75) is 0 Å². The molecule has 0 atom stereocenters. The van der Waals surface area contributed by atoms with E-state index in [0.717, 1.165) is 0 Å². The molecule has 0 aromatic carbocycles. The molecule has 2 nitrogen and oxygen atoms in total. The van der Waals surface area contributed by atoms with Crippen molar-refractivity contribution in [3.05, 3.63) is 4.91 Å². The quantitative estimate of drug-likeness (QED) is 0.290. The minimum Gasteiger partial charge on any atom is 1.00 e. The first-order chi connectivity index (χ1) is 3.04. The monoisotopic (exact) mass is 663 g/mol. The molecule has 0 N–H and O–H groups in total. The molecule has 0 spiro atoms. The SMILES string of the molecule is O=[N][Os-2]([Cl])([Cl])([Cl])([Cl])[Cl].[Cs+].[Cs+]. The van der Waals surface area contributed by atoms with Gasteiger partial charge in [-0.25, -0.2) is 0 Å². The first-order valence-corrected chi connectivity index (χ1v) is 17.9. The summed E-state index contributed by atoms with van der Waals surface area (Å²) < 4.78 is 2.05. The second-order valence-corrected chi connectivity index (χ2v) is 45.1. The van der Waals surface area contributed by atoms with E-state index in [9.17, 15) is 4.91 Å². The maximum absolute atomic E-state index is 9.65. The Morgan fingerprint density at radius 3 is 1.00 bits per heavy atom. The summed E-state index contributed by atoms with van der Waals surface area (Å²) in [5, 5.41) is 0. The molecule has 10 heavy (non-hydrogen) atoms. The fraction of sp³-hybridized carbons (Fsp3) is 0. The summed E-state index contributed by atoms with van der Waals surface area (Å²) in [6.07, 6.45) is 0. The van der Waals surface area contributed by atoms with Gasteiger partial charge in [0.05, 0.1) is 0 Å². The largest absolute Gasteiger partial charge is 1.00 e. The molecule has 0 heterocycles. The molecular weight excluding hydrogens is 663 g/mol. The third-order valence-electron chi connectivity index (χ3n) is 0.122. The zero-order valence-corrected chi connectivity index (χ0v) is 24.0. The van der Waals surface area contributed by atoms with Crippen molar-refractivity contribution in [1.29, 1.82) is 0 Å². The van der Waals surface area contributed by atoms with E-state index in [-0.39, 0.29) is 138 Å².